The molecule has 39 heavy (non-hydrogen) atoms. The number of nitrogens with two attached hydrogens (primary N) is 1. The summed E-state index contributed by atoms with van der Waals surface area (Å²) in [5, 5.41) is 17.8. The Kier molecular flexibility index (Phi) is 13.1. The molecule has 12 heteroatoms. The SMILES string of the molecule is CCCCCCCN1CC[C@@H](CC(=O)Nc2ccnc3ccc(OC)nc23)[C@@H](CC(N)=O)C1.O=C(O)C(=O)O. The van der Waals surface area contributed by atoms with E-state index in [2.05, 4.69) is 27.1 Å². The quantitative estimate of drug-likeness (QED) is 0.228. The Hall–Kier alpha value is -3.80. The largest absolute Gasteiger partial charge is 0.481 e. The van der Waals surface area contributed by atoms with Crippen molar-refractivity contribution in [2.75, 3.05) is 32.1 Å². The van der Waals surface area contributed by atoms with Crippen molar-refractivity contribution in [3.8, 4) is 5.88 Å². The molecule has 3 rings (SSSR count). The molecule has 1 saturated heterocycles. The fraction of sp³-hybridized carbons (Fsp3) is 0.556. The molecule has 2 atom stereocenters. The van der Waals surface area contributed by atoms with Crippen LogP contribution in [0.5, 0.6) is 5.88 Å². The van der Waals surface area contributed by atoms with Crippen LogP contribution < -0.4 is 15.8 Å². The molecule has 214 valence electrons. The molecule has 0 saturated carbocycles. The number of aliphatic carboxylic acids is 2. The van der Waals surface area contributed by atoms with Crippen LogP contribution in [-0.4, -0.2) is 75.6 Å². The number of ether oxygens (including phenoxy) is 1. The average Bonchev–Trinajstić information content (AvgIpc) is 2.90. The number of carbonyl (C=O) groups excluding carboxylic acids is 2. The first-order valence-corrected chi connectivity index (χ1v) is 13.2. The van der Waals surface area contributed by atoms with Gasteiger partial charge in [-0.3, -0.25) is 14.6 Å². The van der Waals surface area contributed by atoms with Crippen LogP contribution in [-0.2, 0) is 19.2 Å². The Morgan fingerprint density at radius 3 is 2.41 bits per heavy atom. The molecular formula is C27H39N5O7. The predicted molar refractivity (Wildman–Crippen MR) is 145 cm³/mol. The number of amides is 2. The van der Waals surface area contributed by atoms with Gasteiger partial charge in [-0.1, -0.05) is 32.6 Å². The first kappa shape index (κ1) is 31.4. The number of carbonyl (C=O) groups is 4. The van der Waals surface area contributed by atoms with Gasteiger partial charge in [0.25, 0.3) is 0 Å². The molecule has 0 unspecified atom stereocenters. The molecule has 1 aliphatic rings. The second-order valence-electron chi connectivity index (χ2n) is 9.64. The lowest BCUT2D eigenvalue weighted by molar-refractivity contribution is -0.159. The summed E-state index contributed by atoms with van der Waals surface area (Å²) in [6, 6.07) is 5.30. The Bertz CT molecular complexity index is 1110. The molecule has 0 radical (unpaired) electrons. The predicted octanol–water partition coefficient (Wildman–Crippen LogP) is 2.91. The number of hydrogen-bond acceptors (Lipinski definition) is 8. The fourth-order valence-corrected chi connectivity index (χ4v) is 4.72. The van der Waals surface area contributed by atoms with E-state index >= 15 is 0 Å². The maximum atomic E-state index is 12.9. The zero-order valence-corrected chi connectivity index (χ0v) is 22.6. The highest BCUT2D eigenvalue weighted by Gasteiger charge is 2.31. The van der Waals surface area contributed by atoms with E-state index in [-0.39, 0.29) is 23.7 Å². The van der Waals surface area contributed by atoms with Gasteiger partial charge in [0.15, 0.2) is 0 Å². The molecule has 2 aromatic rings. The van der Waals surface area contributed by atoms with Crippen LogP contribution in [0.4, 0.5) is 5.69 Å². The number of piperidine rings is 1. The molecule has 1 aliphatic heterocycles. The van der Waals surface area contributed by atoms with Crippen molar-refractivity contribution in [1.82, 2.24) is 14.9 Å². The lowest BCUT2D eigenvalue weighted by Crippen LogP contribution is -2.43. The molecule has 2 aromatic heterocycles. The first-order chi connectivity index (χ1) is 18.6. The van der Waals surface area contributed by atoms with Crippen LogP contribution in [0.1, 0.15) is 58.3 Å². The Morgan fingerprint density at radius 2 is 1.77 bits per heavy atom. The number of pyridine rings is 2. The van der Waals surface area contributed by atoms with Crippen molar-refractivity contribution in [3.63, 3.8) is 0 Å². The zero-order chi connectivity index (χ0) is 28.8. The summed E-state index contributed by atoms with van der Waals surface area (Å²) < 4.78 is 5.21. The second kappa shape index (κ2) is 16.2. The Labute approximate surface area is 227 Å². The number of anilines is 1. The molecule has 1 fully saturated rings. The molecule has 12 nitrogen and oxygen atoms in total. The highest BCUT2D eigenvalue weighted by molar-refractivity contribution is 6.27. The van der Waals surface area contributed by atoms with E-state index in [1.165, 1.54) is 32.1 Å². The molecule has 2 amide bonds. The number of likely N-dealkylation sites (tertiary alicyclic amines) is 1. The van der Waals surface area contributed by atoms with Gasteiger partial charge in [-0.25, -0.2) is 14.6 Å². The number of primary amides is 1. The zero-order valence-electron chi connectivity index (χ0n) is 22.6. The van der Waals surface area contributed by atoms with Gasteiger partial charge in [0.2, 0.25) is 17.7 Å². The standard InChI is InChI=1S/C25H37N5O3.C2H2O4/c1-3-4-5-6-7-13-30-14-11-18(19(17-30)15-22(26)31)16-23(32)28-21-10-12-27-20-8-9-24(33-2)29-25(20)21;3-1(4)2(5)6/h8-10,12,18-19H,3-7,11,13-17H2,1-2H3,(H2,26,31)(H,27,28,32);(H,3,4)(H,5,6)/t18-,19-;/m0./s1. The smallest absolute Gasteiger partial charge is 0.414 e. The lowest BCUT2D eigenvalue weighted by Gasteiger charge is -2.38. The highest BCUT2D eigenvalue weighted by atomic mass is 16.5. The Balaban J connectivity index is 0.000000798. The summed E-state index contributed by atoms with van der Waals surface area (Å²) in [5.41, 5.74) is 7.44. The number of aromatic nitrogens is 2. The van der Waals surface area contributed by atoms with Crippen molar-refractivity contribution >= 4 is 40.5 Å². The number of unbranched alkanes of at least 4 members (excludes halogenated alkanes) is 4. The number of methoxy groups -OCH3 is 1. The van der Waals surface area contributed by atoms with Gasteiger partial charge in [0.1, 0.15) is 5.52 Å². The number of carboxylic acid groups (broad SMARTS) is 2. The van der Waals surface area contributed by atoms with E-state index in [1.807, 2.05) is 6.07 Å². The average molecular weight is 546 g/mol. The summed E-state index contributed by atoms with van der Waals surface area (Å²) in [7, 11) is 1.55. The van der Waals surface area contributed by atoms with Crippen molar-refractivity contribution < 1.29 is 34.1 Å². The minimum absolute atomic E-state index is 0.0837. The summed E-state index contributed by atoms with van der Waals surface area (Å²) in [4.78, 5) is 54.0. The molecule has 0 bridgehead atoms. The van der Waals surface area contributed by atoms with Crippen LogP contribution >= 0.6 is 0 Å². The maximum absolute atomic E-state index is 12.9. The number of rotatable bonds is 12. The van der Waals surface area contributed by atoms with Gasteiger partial charge in [-0.15, -0.1) is 0 Å². The van der Waals surface area contributed by atoms with Crippen molar-refractivity contribution in [3.05, 3.63) is 24.4 Å². The number of fused-ring (bicyclic) bond motifs is 1. The van der Waals surface area contributed by atoms with Gasteiger partial charge in [0.05, 0.1) is 18.3 Å². The van der Waals surface area contributed by atoms with Crippen molar-refractivity contribution in [1.29, 1.82) is 0 Å². The third kappa shape index (κ3) is 10.8. The van der Waals surface area contributed by atoms with Gasteiger partial charge in [0, 0.05) is 31.6 Å². The molecule has 3 heterocycles. The second-order valence-corrected chi connectivity index (χ2v) is 9.64. The van der Waals surface area contributed by atoms with Crippen LogP contribution in [0.25, 0.3) is 11.0 Å². The topological polar surface area (TPSA) is 185 Å². The van der Waals surface area contributed by atoms with Gasteiger partial charge >= 0.3 is 11.9 Å². The summed E-state index contributed by atoms with van der Waals surface area (Å²) in [6.07, 6.45) is 9.46. The van der Waals surface area contributed by atoms with E-state index in [0.29, 0.717) is 35.4 Å². The molecule has 0 aromatic carbocycles. The van der Waals surface area contributed by atoms with Crippen LogP contribution in [0.3, 0.4) is 0 Å². The van der Waals surface area contributed by atoms with E-state index < -0.39 is 11.9 Å². The third-order valence-corrected chi connectivity index (χ3v) is 6.69. The molecular weight excluding hydrogens is 506 g/mol. The lowest BCUT2D eigenvalue weighted by atomic mass is 9.80. The van der Waals surface area contributed by atoms with Crippen LogP contribution in [0.2, 0.25) is 0 Å². The summed E-state index contributed by atoms with van der Waals surface area (Å²) >= 11 is 0. The first-order valence-electron chi connectivity index (χ1n) is 13.2. The number of carboxylic acids is 2. The highest BCUT2D eigenvalue weighted by Crippen LogP contribution is 2.30. The number of nitrogens with one attached hydrogen (secondary N) is 1. The fourth-order valence-electron chi connectivity index (χ4n) is 4.72. The van der Waals surface area contributed by atoms with Crippen molar-refractivity contribution in [2.45, 2.75) is 58.3 Å². The summed E-state index contributed by atoms with van der Waals surface area (Å²) in [5.74, 6) is -3.33. The third-order valence-electron chi connectivity index (χ3n) is 6.69. The normalized spacial score (nSPS) is 17.1. The van der Waals surface area contributed by atoms with Crippen molar-refractivity contribution in [2.24, 2.45) is 17.6 Å². The maximum Gasteiger partial charge on any atom is 0.414 e. The van der Waals surface area contributed by atoms with Crippen LogP contribution in [0.15, 0.2) is 24.4 Å². The van der Waals surface area contributed by atoms with Crippen LogP contribution in [0, 0.1) is 11.8 Å². The molecule has 0 aliphatic carbocycles. The van der Waals surface area contributed by atoms with E-state index in [4.69, 9.17) is 30.3 Å². The van der Waals surface area contributed by atoms with E-state index in [9.17, 15) is 9.59 Å². The number of hydrogen-bond donors (Lipinski definition) is 4. The van der Waals surface area contributed by atoms with Gasteiger partial charge < -0.3 is 30.9 Å². The molecule has 0 spiro atoms. The van der Waals surface area contributed by atoms with E-state index in [0.717, 1.165) is 26.1 Å². The van der Waals surface area contributed by atoms with Gasteiger partial charge in [-0.05, 0) is 49.9 Å². The minimum atomic E-state index is -1.82. The van der Waals surface area contributed by atoms with Gasteiger partial charge in [-0.2, -0.15) is 0 Å². The molecule has 5 N–H and O–H groups in total. The number of nitrogens with zero attached hydrogens (tertiary/aromatic N) is 3. The van der Waals surface area contributed by atoms with E-state index in [1.54, 1.807) is 25.4 Å². The summed E-state index contributed by atoms with van der Waals surface area (Å²) in [6.45, 7) is 5.05. The Morgan fingerprint density at radius 1 is 1.05 bits per heavy atom. The monoisotopic (exact) mass is 545 g/mol. The minimum Gasteiger partial charge on any atom is -0.481 e.